The maximum Gasteiger partial charge on any atom is 0.410 e. The number of amides is 1. The third-order valence-electron chi connectivity index (χ3n) is 3.26. The molecule has 4 nitrogen and oxygen atoms in total. The van der Waals surface area contributed by atoms with Crippen molar-refractivity contribution in [2.45, 2.75) is 64.5 Å². The van der Waals surface area contributed by atoms with E-state index in [2.05, 4.69) is 0 Å². The van der Waals surface area contributed by atoms with Crippen molar-refractivity contribution in [2.24, 2.45) is 0 Å². The number of hydrogen-bond donors (Lipinski definition) is 1. The zero-order valence-corrected chi connectivity index (χ0v) is 11.5. The highest BCUT2D eigenvalue weighted by atomic mass is 16.6. The average Bonchev–Trinajstić information content (AvgIpc) is 2.15. The molecule has 1 aliphatic heterocycles. The Morgan fingerprint density at radius 1 is 1.41 bits per heavy atom. The number of rotatable bonds is 2. The molecule has 100 valence electrons. The van der Waals surface area contributed by atoms with Crippen LogP contribution in [0.4, 0.5) is 4.79 Å². The summed E-state index contributed by atoms with van der Waals surface area (Å²) >= 11 is 0. The molecule has 1 saturated heterocycles. The molecule has 17 heavy (non-hydrogen) atoms. The standard InChI is InChI=1S/C13H25NO3/c1-12(2,3)17-11(16)14-9-6-5-7-13(14,4)8-10-15/h15H,5-10H2,1-4H3. The molecule has 0 spiro atoms. The fraction of sp³-hybridized carbons (Fsp3) is 0.923. The van der Waals surface area contributed by atoms with Crippen LogP contribution in [0.15, 0.2) is 0 Å². The van der Waals surface area contributed by atoms with Crippen LogP contribution in [0.1, 0.15) is 53.4 Å². The Balaban J connectivity index is 2.74. The minimum atomic E-state index is -0.464. The van der Waals surface area contributed by atoms with Crippen LogP contribution in [0.25, 0.3) is 0 Å². The van der Waals surface area contributed by atoms with Crippen molar-refractivity contribution in [3.05, 3.63) is 0 Å². The Hall–Kier alpha value is -0.770. The van der Waals surface area contributed by atoms with Crippen molar-refractivity contribution in [3.63, 3.8) is 0 Å². The van der Waals surface area contributed by atoms with Crippen molar-refractivity contribution >= 4 is 6.09 Å². The minimum Gasteiger partial charge on any atom is -0.444 e. The number of aliphatic hydroxyl groups is 1. The second-order valence-electron chi connectivity index (χ2n) is 6.06. The number of nitrogens with zero attached hydrogens (tertiary/aromatic N) is 1. The van der Waals surface area contributed by atoms with Gasteiger partial charge in [0.25, 0.3) is 0 Å². The summed E-state index contributed by atoms with van der Waals surface area (Å²) in [4.78, 5) is 13.9. The molecule has 1 atom stereocenters. The minimum absolute atomic E-state index is 0.107. The Kier molecular flexibility index (Phi) is 4.42. The van der Waals surface area contributed by atoms with Crippen molar-refractivity contribution < 1.29 is 14.6 Å². The van der Waals surface area contributed by atoms with Crippen LogP contribution in [0.2, 0.25) is 0 Å². The average molecular weight is 243 g/mol. The van der Waals surface area contributed by atoms with Crippen LogP contribution in [0, 0.1) is 0 Å². The van der Waals surface area contributed by atoms with E-state index in [9.17, 15) is 4.79 Å². The summed E-state index contributed by atoms with van der Waals surface area (Å²) in [6, 6.07) is 0. The number of hydrogen-bond acceptors (Lipinski definition) is 3. The fourth-order valence-electron chi connectivity index (χ4n) is 2.31. The van der Waals surface area contributed by atoms with E-state index >= 15 is 0 Å². The van der Waals surface area contributed by atoms with Gasteiger partial charge in [0.1, 0.15) is 5.60 Å². The maximum absolute atomic E-state index is 12.1. The largest absolute Gasteiger partial charge is 0.444 e. The van der Waals surface area contributed by atoms with E-state index in [-0.39, 0.29) is 18.2 Å². The molecule has 0 aromatic heterocycles. The lowest BCUT2D eigenvalue weighted by Crippen LogP contribution is -2.54. The van der Waals surface area contributed by atoms with Gasteiger partial charge in [-0.3, -0.25) is 0 Å². The lowest BCUT2D eigenvalue weighted by molar-refractivity contribution is -0.0168. The predicted molar refractivity (Wildman–Crippen MR) is 66.9 cm³/mol. The number of carbonyl (C=O) groups is 1. The van der Waals surface area contributed by atoms with Crippen molar-refractivity contribution in [1.82, 2.24) is 4.90 Å². The highest BCUT2D eigenvalue weighted by Crippen LogP contribution is 2.32. The monoisotopic (exact) mass is 243 g/mol. The molecule has 4 heteroatoms. The first-order valence-electron chi connectivity index (χ1n) is 6.40. The van der Waals surface area contributed by atoms with Gasteiger partial charge in [0, 0.05) is 18.7 Å². The van der Waals surface area contributed by atoms with Gasteiger partial charge in [0.15, 0.2) is 0 Å². The van der Waals surface area contributed by atoms with Gasteiger partial charge in [-0.25, -0.2) is 4.79 Å². The maximum atomic E-state index is 12.1. The first-order chi connectivity index (χ1) is 7.78. The lowest BCUT2D eigenvalue weighted by Gasteiger charge is -2.44. The Morgan fingerprint density at radius 2 is 2.06 bits per heavy atom. The summed E-state index contributed by atoms with van der Waals surface area (Å²) < 4.78 is 5.42. The van der Waals surface area contributed by atoms with E-state index in [0.717, 1.165) is 25.8 Å². The van der Waals surface area contributed by atoms with E-state index in [4.69, 9.17) is 9.84 Å². The molecule has 0 aromatic rings. The molecular weight excluding hydrogens is 218 g/mol. The number of carbonyl (C=O) groups excluding carboxylic acids is 1. The summed E-state index contributed by atoms with van der Waals surface area (Å²) in [6.07, 6.45) is 3.42. The molecule has 1 N–H and O–H groups in total. The molecule has 0 aliphatic carbocycles. The third kappa shape index (κ3) is 3.87. The predicted octanol–water partition coefficient (Wildman–Crippen LogP) is 2.55. The molecule has 0 radical (unpaired) electrons. The van der Waals surface area contributed by atoms with E-state index in [0.29, 0.717) is 6.42 Å². The third-order valence-corrected chi connectivity index (χ3v) is 3.26. The zero-order valence-electron chi connectivity index (χ0n) is 11.5. The molecule has 1 fully saturated rings. The van der Waals surface area contributed by atoms with Crippen LogP contribution in [0.3, 0.4) is 0 Å². The Morgan fingerprint density at radius 3 is 2.59 bits per heavy atom. The molecule has 1 aliphatic rings. The van der Waals surface area contributed by atoms with Crippen molar-refractivity contribution in [1.29, 1.82) is 0 Å². The SMILES string of the molecule is CC(C)(C)OC(=O)N1CCCCC1(C)CCO. The summed E-state index contributed by atoms with van der Waals surface area (Å²) in [5.74, 6) is 0. The summed E-state index contributed by atoms with van der Waals surface area (Å²) in [5, 5.41) is 9.14. The van der Waals surface area contributed by atoms with Gasteiger partial charge in [0.2, 0.25) is 0 Å². The first kappa shape index (κ1) is 14.3. The van der Waals surface area contributed by atoms with Crippen LogP contribution < -0.4 is 0 Å². The van der Waals surface area contributed by atoms with Crippen LogP contribution >= 0.6 is 0 Å². The molecule has 0 aromatic carbocycles. The molecule has 0 bridgehead atoms. The van der Waals surface area contributed by atoms with Crippen LogP contribution in [-0.4, -0.2) is 40.4 Å². The quantitative estimate of drug-likeness (QED) is 0.811. The van der Waals surface area contributed by atoms with Crippen molar-refractivity contribution in [2.75, 3.05) is 13.2 Å². The van der Waals surface area contributed by atoms with Gasteiger partial charge in [0.05, 0.1) is 0 Å². The topological polar surface area (TPSA) is 49.8 Å². The number of piperidine rings is 1. The normalized spacial score (nSPS) is 25.8. The van der Waals surface area contributed by atoms with Gasteiger partial charge in [-0.05, 0) is 53.4 Å². The van der Waals surface area contributed by atoms with Crippen LogP contribution in [-0.2, 0) is 4.74 Å². The van der Waals surface area contributed by atoms with E-state index in [1.54, 1.807) is 4.90 Å². The summed E-state index contributed by atoms with van der Waals surface area (Å²) in [5.41, 5.74) is -0.718. The van der Waals surface area contributed by atoms with Gasteiger partial charge in [-0.1, -0.05) is 0 Å². The van der Waals surface area contributed by atoms with Gasteiger partial charge >= 0.3 is 6.09 Å². The zero-order chi connectivity index (χ0) is 13.1. The number of ether oxygens (including phenoxy) is 1. The van der Waals surface area contributed by atoms with Crippen molar-refractivity contribution in [3.8, 4) is 0 Å². The van der Waals surface area contributed by atoms with Crippen LogP contribution in [0.5, 0.6) is 0 Å². The first-order valence-corrected chi connectivity index (χ1v) is 6.40. The summed E-state index contributed by atoms with van der Waals surface area (Å²) in [7, 11) is 0. The van der Waals surface area contributed by atoms with Gasteiger partial charge < -0.3 is 14.7 Å². The molecule has 1 amide bonds. The van der Waals surface area contributed by atoms with E-state index < -0.39 is 5.60 Å². The number of likely N-dealkylation sites (tertiary alicyclic amines) is 1. The second kappa shape index (κ2) is 5.25. The van der Waals surface area contributed by atoms with Gasteiger partial charge in [-0.15, -0.1) is 0 Å². The summed E-state index contributed by atoms with van der Waals surface area (Å²) in [6.45, 7) is 8.49. The Labute approximate surface area is 104 Å². The smallest absolute Gasteiger partial charge is 0.410 e. The second-order valence-corrected chi connectivity index (χ2v) is 6.06. The molecule has 1 rings (SSSR count). The van der Waals surface area contributed by atoms with Gasteiger partial charge in [-0.2, -0.15) is 0 Å². The molecule has 1 heterocycles. The van der Waals surface area contributed by atoms with E-state index in [1.165, 1.54) is 0 Å². The molecular formula is C13H25NO3. The highest BCUT2D eigenvalue weighted by Gasteiger charge is 2.38. The van der Waals surface area contributed by atoms with E-state index in [1.807, 2.05) is 27.7 Å². The highest BCUT2D eigenvalue weighted by molar-refractivity contribution is 5.69. The Bertz CT molecular complexity index is 268. The number of aliphatic hydroxyl groups excluding tert-OH is 1. The fourth-order valence-corrected chi connectivity index (χ4v) is 2.31. The lowest BCUT2D eigenvalue weighted by atomic mass is 9.86. The molecule has 1 unspecified atom stereocenters. The molecule has 0 saturated carbocycles.